The molecule has 0 aromatic heterocycles. The molecule has 0 bridgehead atoms. The smallest absolute Gasteiger partial charge is 0.306 e. The van der Waals surface area contributed by atoms with Gasteiger partial charge in [-0.1, -0.05) is 154 Å². The van der Waals surface area contributed by atoms with E-state index in [4.69, 9.17) is 9.47 Å². The Kier molecular flexibility index (Phi) is 28.6. The van der Waals surface area contributed by atoms with Gasteiger partial charge in [0.1, 0.15) is 12.4 Å². The van der Waals surface area contributed by atoms with Crippen LogP contribution in [-0.2, 0) is 23.9 Å². The van der Waals surface area contributed by atoms with E-state index in [9.17, 15) is 29.7 Å². The first-order chi connectivity index (χ1) is 23.8. The van der Waals surface area contributed by atoms with Crippen LogP contribution in [0.1, 0.15) is 187 Å². The van der Waals surface area contributed by atoms with Crippen molar-refractivity contribution in [2.24, 2.45) is 11.8 Å². The molecule has 3 N–H and O–H groups in total. The van der Waals surface area contributed by atoms with Crippen molar-refractivity contribution < 1.29 is 39.2 Å². The molecule has 286 valence electrons. The van der Waals surface area contributed by atoms with Crippen LogP contribution < -0.4 is 0 Å². The number of carbonyl (C=O) groups excluding carboxylic acids is 3. The number of esters is 2. The fourth-order valence-corrected chi connectivity index (χ4v) is 6.81. The fourth-order valence-electron chi connectivity index (χ4n) is 6.81. The van der Waals surface area contributed by atoms with Crippen LogP contribution in [0.5, 0.6) is 0 Å². The minimum Gasteiger partial charge on any atom is -0.462 e. The number of carbonyl (C=O) groups is 3. The lowest BCUT2D eigenvalue weighted by molar-refractivity contribution is -0.161. The summed E-state index contributed by atoms with van der Waals surface area (Å²) in [5, 5.41) is 30.2. The number of aliphatic hydroxyl groups is 3. The molecule has 0 aromatic rings. The lowest BCUT2D eigenvalue weighted by Crippen LogP contribution is -2.28. The average Bonchev–Trinajstić information content (AvgIpc) is 3.36. The number of hydrogen-bond donors (Lipinski definition) is 3. The summed E-state index contributed by atoms with van der Waals surface area (Å²) in [7, 11) is 0. The number of Topliss-reactive ketones (excluding diaryl/α,β-unsaturated/α-hetero) is 1. The van der Waals surface area contributed by atoms with Gasteiger partial charge in [-0.05, 0) is 31.6 Å². The van der Waals surface area contributed by atoms with Crippen LogP contribution >= 0.6 is 0 Å². The fraction of sp³-hybridized carbons (Fsp3) is 0.878. The van der Waals surface area contributed by atoms with Gasteiger partial charge in [-0.2, -0.15) is 0 Å². The average molecular weight is 695 g/mol. The maximum atomic E-state index is 12.4. The molecule has 0 aromatic carbocycles. The first-order valence-corrected chi connectivity index (χ1v) is 20.3. The second kappa shape index (κ2) is 31.0. The highest BCUT2D eigenvalue weighted by Crippen LogP contribution is 2.34. The molecule has 1 aliphatic carbocycles. The third-order valence-electron chi connectivity index (χ3n) is 9.97. The first-order valence-electron chi connectivity index (χ1n) is 20.3. The molecule has 1 fully saturated rings. The van der Waals surface area contributed by atoms with Gasteiger partial charge in [-0.15, -0.1) is 0 Å². The van der Waals surface area contributed by atoms with E-state index in [1.807, 2.05) is 0 Å². The Labute approximate surface area is 299 Å². The topological polar surface area (TPSA) is 130 Å². The van der Waals surface area contributed by atoms with Gasteiger partial charge >= 0.3 is 11.9 Å². The van der Waals surface area contributed by atoms with Gasteiger partial charge in [0, 0.05) is 25.2 Å². The summed E-state index contributed by atoms with van der Waals surface area (Å²) in [5.41, 5.74) is 0. The Morgan fingerprint density at radius 2 is 1.22 bits per heavy atom. The molecule has 8 heteroatoms. The van der Waals surface area contributed by atoms with Gasteiger partial charge in [-0.25, -0.2) is 0 Å². The molecule has 8 nitrogen and oxygen atoms in total. The lowest BCUT2D eigenvalue weighted by Gasteiger charge is -2.19. The zero-order valence-corrected chi connectivity index (χ0v) is 31.4. The normalized spacial score (nSPS) is 19.0. The van der Waals surface area contributed by atoms with Crippen LogP contribution in [0.15, 0.2) is 12.2 Å². The minimum atomic E-state index is -0.853. The van der Waals surface area contributed by atoms with E-state index in [0.29, 0.717) is 19.3 Å². The maximum absolute atomic E-state index is 12.4. The third-order valence-corrected chi connectivity index (χ3v) is 9.97. The molecular weight excluding hydrogens is 620 g/mol. The predicted octanol–water partition coefficient (Wildman–Crippen LogP) is 9.10. The highest BCUT2D eigenvalue weighted by atomic mass is 16.6. The molecule has 0 saturated heterocycles. The van der Waals surface area contributed by atoms with Gasteiger partial charge in [0.15, 0.2) is 6.10 Å². The van der Waals surface area contributed by atoms with E-state index in [0.717, 1.165) is 64.2 Å². The molecule has 49 heavy (non-hydrogen) atoms. The molecule has 0 aliphatic heterocycles. The number of unbranched alkanes of at least 4 members (excludes halogenated alkanes) is 19. The van der Waals surface area contributed by atoms with Gasteiger partial charge in [0.05, 0.1) is 18.8 Å². The molecular formula is C41H74O8. The minimum absolute atomic E-state index is 0.0337. The van der Waals surface area contributed by atoms with Crippen molar-refractivity contribution in [1.29, 1.82) is 0 Å². The van der Waals surface area contributed by atoms with Crippen molar-refractivity contribution >= 4 is 17.7 Å². The quantitative estimate of drug-likeness (QED) is 0.0352. The van der Waals surface area contributed by atoms with Crippen LogP contribution in [-0.4, -0.2) is 64.6 Å². The summed E-state index contributed by atoms with van der Waals surface area (Å²) in [4.78, 5) is 36.9. The Morgan fingerprint density at radius 1 is 0.735 bits per heavy atom. The monoisotopic (exact) mass is 695 g/mol. The second-order valence-electron chi connectivity index (χ2n) is 14.5. The summed E-state index contributed by atoms with van der Waals surface area (Å²) < 4.78 is 10.6. The highest BCUT2D eigenvalue weighted by Gasteiger charge is 2.39. The molecule has 0 unspecified atom stereocenters. The highest BCUT2D eigenvalue weighted by molar-refractivity contribution is 5.86. The summed E-state index contributed by atoms with van der Waals surface area (Å²) in [6.07, 6.45) is 28.9. The Bertz CT molecular complexity index is 858. The standard InChI is InChI=1S/C41H74O8/c1-3-5-7-8-9-10-11-12-13-14-15-16-17-18-23-27-40(46)48-33-35(32-42)49-41(47)28-24-20-19-22-26-36-37(39(45)31-38(36)44)30-29-34(43)25-21-6-4-2/h29-30,34-38,42-44H,3-28,31-33H2,1-2H3/b30-29+/t34-,35-,36+,37+,38-/m0/s1. The van der Waals surface area contributed by atoms with Crippen molar-refractivity contribution in [2.45, 2.75) is 206 Å². The van der Waals surface area contributed by atoms with Crippen LogP contribution in [0.25, 0.3) is 0 Å². The summed E-state index contributed by atoms with van der Waals surface area (Å²) >= 11 is 0. The van der Waals surface area contributed by atoms with E-state index < -0.39 is 30.9 Å². The van der Waals surface area contributed by atoms with Crippen molar-refractivity contribution in [3.63, 3.8) is 0 Å². The SMILES string of the molecule is CCCCCCCCCCCCCCCCCC(=O)OC[C@H](CO)OC(=O)CCCCCC[C@H]1[C@@H](O)CC(=O)[C@@H]1/C=C/[C@@H](O)CCCCC. The van der Waals surface area contributed by atoms with Gasteiger partial charge < -0.3 is 24.8 Å². The van der Waals surface area contributed by atoms with Crippen LogP contribution in [0.4, 0.5) is 0 Å². The van der Waals surface area contributed by atoms with E-state index in [-0.39, 0.29) is 43.0 Å². The zero-order valence-electron chi connectivity index (χ0n) is 31.4. The Hall–Kier alpha value is -1.77. The van der Waals surface area contributed by atoms with E-state index in [1.54, 1.807) is 12.2 Å². The molecule has 0 spiro atoms. The Balaban J connectivity index is 2.07. The van der Waals surface area contributed by atoms with E-state index in [1.165, 1.54) is 77.0 Å². The van der Waals surface area contributed by atoms with Gasteiger partial charge in [-0.3, -0.25) is 14.4 Å². The van der Waals surface area contributed by atoms with E-state index >= 15 is 0 Å². The van der Waals surface area contributed by atoms with E-state index in [2.05, 4.69) is 13.8 Å². The zero-order chi connectivity index (χ0) is 36.0. The van der Waals surface area contributed by atoms with Gasteiger partial charge in [0.2, 0.25) is 0 Å². The third kappa shape index (κ3) is 24.1. The Morgan fingerprint density at radius 3 is 1.78 bits per heavy atom. The molecule has 0 amide bonds. The van der Waals surface area contributed by atoms with Crippen molar-refractivity contribution in [3.8, 4) is 0 Å². The van der Waals surface area contributed by atoms with Crippen LogP contribution in [0.2, 0.25) is 0 Å². The first kappa shape index (κ1) is 45.3. The predicted molar refractivity (Wildman–Crippen MR) is 197 cm³/mol. The lowest BCUT2D eigenvalue weighted by atomic mass is 9.88. The molecule has 1 rings (SSSR count). The van der Waals surface area contributed by atoms with Crippen molar-refractivity contribution in [3.05, 3.63) is 12.2 Å². The summed E-state index contributed by atoms with van der Waals surface area (Å²) in [6.45, 7) is 3.85. The summed E-state index contributed by atoms with van der Waals surface area (Å²) in [6, 6.07) is 0. The number of allylic oxidation sites excluding steroid dienone is 1. The molecule has 1 aliphatic rings. The largest absolute Gasteiger partial charge is 0.462 e. The van der Waals surface area contributed by atoms with Crippen molar-refractivity contribution in [1.82, 2.24) is 0 Å². The molecule has 0 heterocycles. The van der Waals surface area contributed by atoms with Crippen molar-refractivity contribution in [2.75, 3.05) is 13.2 Å². The second-order valence-corrected chi connectivity index (χ2v) is 14.5. The number of rotatable bonds is 33. The molecule has 1 saturated carbocycles. The number of ether oxygens (including phenoxy) is 2. The van der Waals surface area contributed by atoms with Gasteiger partial charge in [0.25, 0.3) is 0 Å². The number of hydrogen-bond acceptors (Lipinski definition) is 8. The van der Waals surface area contributed by atoms with Crippen LogP contribution in [0.3, 0.4) is 0 Å². The molecule has 5 atom stereocenters. The maximum Gasteiger partial charge on any atom is 0.306 e. The summed E-state index contributed by atoms with van der Waals surface area (Å²) in [5.74, 6) is -1.19. The number of ketones is 1. The number of aliphatic hydroxyl groups excluding tert-OH is 3. The molecule has 0 radical (unpaired) electrons. The van der Waals surface area contributed by atoms with Crippen LogP contribution in [0, 0.1) is 11.8 Å².